The third-order valence-electron chi connectivity index (χ3n) is 3.19. The Labute approximate surface area is 131 Å². The van der Waals surface area contributed by atoms with E-state index in [0.717, 1.165) is 16.1 Å². The number of aromatic nitrogens is 1. The Bertz CT molecular complexity index is 801. The summed E-state index contributed by atoms with van der Waals surface area (Å²) in [5, 5.41) is 1.79. The van der Waals surface area contributed by atoms with E-state index in [9.17, 15) is 0 Å². The summed E-state index contributed by atoms with van der Waals surface area (Å²) in [6, 6.07) is 7.61. The average molecular weight is 318 g/mol. The standard InChI is InChI=1S/C15H14N2O2S2/c1-8-9(2)21-12(17-8)7-18-13-10-5-3-4-6-11(10)19-14(13)15(16)20/h3-6H,7H2,1-2H3,(H2,16,20). The second kappa shape index (κ2) is 5.46. The van der Waals surface area contributed by atoms with Gasteiger partial charge in [0.25, 0.3) is 0 Å². The Morgan fingerprint density at radius 1 is 1.38 bits per heavy atom. The lowest BCUT2D eigenvalue weighted by molar-refractivity contribution is 0.303. The Kier molecular flexibility index (Phi) is 3.65. The average Bonchev–Trinajstić information content (AvgIpc) is 2.97. The molecule has 1 aromatic carbocycles. The van der Waals surface area contributed by atoms with Gasteiger partial charge in [-0.2, -0.15) is 0 Å². The Hall–Kier alpha value is -1.92. The van der Waals surface area contributed by atoms with Crippen molar-refractivity contribution in [2.75, 3.05) is 0 Å². The number of thiazole rings is 1. The summed E-state index contributed by atoms with van der Waals surface area (Å²) in [4.78, 5) is 5.85. The molecule has 0 aliphatic rings. The molecule has 3 rings (SSSR count). The first-order chi connectivity index (χ1) is 10.1. The number of hydrogen-bond acceptors (Lipinski definition) is 5. The van der Waals surface area contributed by atoms with Gasteiger partial charge in [-0.05, 0) is 26.0 Å². The maximum Gasteiger partial charge on any atom is 0.204 e. The maximum atomic E-state index is 5.89. The molecule has 0 amide bonds. The van der Waals surface area contributed by atoms with Crippen LogP contribution in [0.5, 0.6) is 5.75 Å². The fourth-order valence-corrected chi connectivity index (χ4v) is 3.04. The molecule has 3 aromatic rings. The van der Waals surface area contributed by atoms with E-state index in [2.05, 4.69) is 4.98 Å². The lowest BCUT2D eigenvalue weighted by Crippen LogP contribution is -2.10. The van der Waals surface area contributed by atoms with E-state index in [-0.39, 0.29) is 4.99 Å². The van der Waals surface area contributed by atoms with Gasteiger partial charge in [0.1, 0.15) is 22.2 Å². The van der Waals surface area contributed by atoms with Gasteiger partial charge in [-0.3, -0.25) is 0 Å². The van der Waals surface area contributed by atoms with Crippen molar-refractivity contribution < 1.29 is 9.15 Å². The SMILES string of the molecule is Cc1nc(COc2c(C(N)=S)oc3ccccc23)sc1C. The molecule has 6 heteroatoms. The molecule has 2 N–H and O–H groups in total. The monoisotopic (exact) mass is 318 g/mol. The van der Waals surface area contributed by atoms with Crippen LogP contribution in [0.3, 0.4) is 0 Å². The first kappa shape index (κ1) is 14.0. The predicted octanol–water partition coefficient (Wildman–Crippen LogP) is 3.72. The minimum atomic E-state index is 0.188. The van der Waals surface area contributed by atoms with E-state index in [0.29, 0.717) is 23.7 Å². The van der Waals surface area contributed by atoms with Gasteiger partial charge in [0.15, 0.2) is 5.75 Å². The summed E-state index contributed by atoms with van der Waals surface area (Å²) in [5.74, 6) is 1.000. The van der Waals surface area contributed by atoms with Gasteiger partial charge in [0.2, 0.25) is 5.76 Å². The number of thiocarbonyl (C=S) groups is 1. The van der Waals surface area contributed by atoms with Gasteiger partial charge in [0, 0.05) is 4.88 Å². The van der Waals surface area contributed by atoms with Crippen LogP contribution in [0.15, 0.2) is 28.7 Å². The van der Waals surface area contributed by atoms with Crippen molar-refractivity contribution in [3.63, 3.8) is 0 Å². The van der Waals surface area contributed by atoms with Gasteiger partial charge in [0.05, 0.1) is 11.1 Å². The number of rotatable bonds is 4. The summed E-state index contributed by atoms with van der Waals surface area (Å²) >= 11 is 6.66. The number of fused-ring (bicyclic) bond motifs is 1. The van der Waals surface area contributed by atoms with Crippen LogP contribution in [0.2, 0.25) is 0 Å². The molecule has 0 fully saturated rings. The van der Waals surface area contributed by atoms with Gasteiger partial charge in [-0.15, -0.1) is 11.3 Å². The molecule has 108 valence electrons. The number of furan rings is 1. The van der Waals surface area contributed by atoms with Crippen LogP contribution in [-0.2, 0) is 6.61 Å². The number of hydrogen-bond donors (Lipinski definition) is 1. The summed E-state index contributed by atoms with van der Waals surface area (Å²) in [6.45, 7) is 4.41. The third kappa shape index (κ3) is 2.64. The molecule has 0 radical (unpaired) electrons. The number of ether oxygens (including phenoxy) is 1. The van der Waals surface area contributed by atoms with Gasteiger partial charge in [-0.1, -0.05) is 24.4 Å². The smallest absolute Gasteiger partial charge is 0.204 e. The first-order valence-corrected chi connectivity index (χ1v) is 7.65. The molecule has 2 aromatic heterocycles. The second-order valence-electron chi connectivity index (χ2n) is 4.66. The first-order valence-electron chi connectivity index (χ1n) is 6.43. The predicted molar refractivity (Wildman–Crippen MR) is 88.0 cm³/mol. The fraction of sp³-hybridized carbons (Fsp3) is 0.200. The molecular formula is C15H14N2O2S2. The molecule has 0 unspecified atom stereocenters. The zero-order valence-electron chi connectivity index (χ0n) is 11.7. The topological polar surface area (TPSA) is 61.3 Å². The molecule has 0 aliphatic heterocycles. The van der Waals surface area contributed by atoms with Crippen molar-refractivity contribution in [1.29, 1.82) is 0 Å². The number of benzene rings is 1. The van der Waals surface area contributed by atoms with Crippen molar-refractivity contribution >= 4 is 39.5 Å². The normalized spacial score (nSPS) is 11.0. The van der Waals surface area contributed by atoms with Gasteiger partial charge >= 0.3 is 0 Å². The van der Waals surface area contributed by atoms with Crippen molar-refractivity contribution in [2.24, 2.45) is 5.73 Å². The quantitative estimate of drug-likeness (QED) is 0.743. The molecule has 0 saturated heterocycles. The number of aryl methyl sites for hydroxylation is 2. The van der Waals surface area contributed by atoms with Crippen molar-refractivity contribution in [3.8, 4) is 5.75 Å². The molecular weight excluding hydrogens is 304 g/mol. The highest BCUT2D eigenvalue weighted by Gasteiger charge is 2.18. The molecule has 0 atom stereocenters. The lowest BCUT2D eigenvalue weighted by atomic mass is 10.2. The number of nitrogens with two attached hydrogens (primary N) is 1. The van der Waals surface area contributed by atoms with E-state index in [1.54, 1.807) is 11.3 Å². The molecule has 2 heterocycles. The van der Waals surface area contributed by atoms with Crippen molar-refractivity contribution in [3.05, 3.63) is 45.6 Å². The van der Waals surface area contributed by atoms with E-state index in [1.165, 1.54) is 4.88 Å². The molecule has 0 bridgehead atoms. The van der Waals surface area contributed by atoms with E-state index < -0.39 is 0 Å². The van der Waals surface area contributed by atoms with Crippen LogP contribution in [0.25, 0.3) is 11.0 Å². The second-order valence-corrected chi connectivity index (χ2v) is 6.39. The Morgan fingerprint density at radius 2 is 2.14 bits per heavy atom. The molecule has 0 saturated carbocycles. The van der Waals surface area contributed by atoms with Gasteiger partial charge < -0.3 is 14.9 Å². The van der Waals surface area contributed by atoms with Crippen molar-refractivity contribution in [1.82, 2.24) is 4.98 Å². The molecule has 0 aliphatic carbocycles. The minimum absolute atomic E-state index is 0.188. The largest absolute Gasteiger partial charge is 0.482 e. The highest BCUT2D eigenvalue weighted by atomic mass is 32.1. The van der Waals surface area contributed by atoms with E-state index >= 15 is 0 Å². The Morgan fingerprint density at radius 3 is 2.81 bits per heavy atom. The molecule has 0 spiro atoms. The number of nitrogens with zero attached hydrogens (tertiary/aromatic N) is 1. The fourth-order valence-electron chi connectivity index (χ4n) is 2.06. The Balaban J connectivity index is 1.95. The summed E-state index contributed by atoms with van der Waals surface area (Å²) < 4.78 is 11.6. The van der Waals surface area contributed by atoms with Crippen LogP contribution in [0.4, 0.5) is 0 Å². The van der Waals surface area contributed by atoms with Crippen LogP contribution in [0.1, 0.15) is 21.3 Å². The zero-order chi connectivity index (χ0) is 15.0. The molecule has 21 heavy (non-hydrogen) atoms. The van der Waals surface area contributed by atoms with Crippen LogP contribution in [0, 0.1) is 13.8 Å². The highest BCUT2D eigenvalue weighted by molar-refractivity contribution is 7.80. The third-order valence-corrected chi connectivity index (χ3v) is 4.42. The number of para-hydroxylation sites is 1. The highest BCUT2D eigenvalue weighted by Crippen LogP contribution is 2.33. The van der Waals surface area contributed by atoms with Crippen molar-refractivity contribution in [2.45, 2.75) is 20.5 Å². The van der Waals surface area contributed by atoms with E-state index in [1.807, 2.05) is 38.1 Å². The molecule has 4 nitrogen and oxygen atoms in total. The summed E-state index contributed by atoms with van der Waals surface area (Å²) in [7, 11) is 0. The van der Waals surface area contributed by atoms with Crippen LogP contribution >= 0.6 is 23.6 Å². The van der Waals surface area contributed by atoms with Crippen LogP contribution in [-0.4, -0.2) is 9.97 Å². The van der Waals surface area contributed by atoms with Gasteiger partial charge in [-0.25, -0.2) is 4.98 Å². The lowest BCUT2D eigenvalue weighted by Gasteiger charge is -2.04. The van der Waals surface area contributed by atoms with Crippen LogP contribution < -0.4 is 10.5 Å². The summed E-state index contributed by atoms with van der Waals surface area (Å²) in [5.41, 5.74) is 7.46. The van der Waals surface area contributed by atoms with E-state index in [4.69, 9.17) is 27.1 Å². The zero-order valence-corrected chi connectivity index (χ0v) is 13.3. The maximum absolute atomic E-state index is 5.89. The minimum Gasteiger partial charge on any atom is -0.482 e. The summed E-state index contributed by atoms with van der Waals surface area (Å²) in [6.07, 6.45) is 0.